The summed E-state index contributed by atoms with van der Waals surface area (Å²) in [7, 11) is 0. The fourth-order valence-corrected chi connectivity index (χ4v) is 4.25. The molecule has 0 radical (unpaired) electrons. The summed E-state index contributed by atoms with van der Waals surface area (Å²) in [6.07, 6.45) is 3.17. The van der Waals surface area contributed by atoms with E-state index in [1.54, 1.807) is 20.8 Å². The molecule has 3 fully saturated rings. The highest BCUT2D eigenvalue weighted by molar-refractivity contribution is 5.81. The van der Waals surface area contributed by atoms with E-state index in [1.807, 2.05) is 30.3 Å². The Morgan fingerprint density at radius 3 is 2.62 bits per heavy atom. The highest BCUT2D eigenvalue weighted by Crippen LogP contribution is 2.54. The van der Waals surface area contributed by atoms with Crippen LogP contribution < -0.4 is 16.3 Å². The molecule has 3 N–H and O–H groups in total. The molecule has 4 rings (SSSR count). The summed E-state index contributed by atoms with van der Waals surface area (Å²) in [5.41, 5.74) is 6.32. The molecule has 3 aliphatic rings. The number of epoxide rings is 1. The van der Waals surface area contributed by atoms with Gasteiger partial charge in [0.05, 0.1) is 19.3 Å². The van der Waals surface area contributed by atoms with Gasteiger partial charge in [0.15, 0.2) is 12.5 Å². The van der Waals surface area contributed by atoms with Gasteiger partial charge in [-0.25, -0.2) is 10.3 Å². The van der Waals surface area contributed by atoms with Gasteiger partial charge in [0.25, 0.3) is 5.91 Å². The van der Waals surface area contributed by atoms with Crippen LogP contribution in [-0.4, -0.2) is 60.7 Å². The van der Waals surface area contributed by atoms with Crippen molar-refractivity contribution in [2.75, 3.05) is 19.7 Å². The summed E-state index contributed by atoms with van der Waals surface area (Å²) in [5, 5.41) is 2.60. The Morgan fingerprint density at radius 1 is 1.15 bits per heavy atom. The van der Waals surface area contributed by atoms with Crippen LogP contribution in [0.25, 0.3) is 0 Å². The minimum Gasteiger partial charge on any atom is -0.444 e. The number of hydroxylamine groups is 2. The van der Waals surface area contributed by atoms with Crippen LogP contribution >= 0.6 is 0 Å². The number of nitrogens with zero attached hydrogens (tertiary/aromatic N) is 1. The Bertz CT molecular complexity index is 842. The van der Waals surface area contributed by atoms with Crippen LogP contribution in [0.2, 0.25) is 0 Å². The van der Waals surface area contributed by atoms with Crippen molar-refractivity contribution in [2.24, 2.45) is 5.41 Å². The van der Waals surface area contributed by atoms with E-state index in [2.05, 4.69) is 21.2 Å². The third-order valence-electron chi connectivity index (χ3n) is 6.25. The van der Waals surface area contributed by atoms with E-state index >= 15 is 0 Å². The van der Waals surface area contributed by atoms with E-state index in [-0.39, 0.29) is 37.6 Å². The Hall–Kier alpha value is -2.24. The van der Waals surface area contributed by atoms with Gasteiger partial charge < -0.3 is 14.8 Å². The monoisotopic (exact) mass is 476 g/mol. The zero-order valence-corrected chi connectivity index (χ0v) is 20.2. The van der Waals surface area contributed by atoms with Crippen molar-refractivity contribution in [1.29, 1.82) is 0 Å². The average molecular weight is 477 g/mol. The van der Waals surface area contributed by atoms with Crippen molar-refractivity contribution < 1.29 is 28.7 Å². The van der Waals surface area contributed by atoms with E-state index in [0.717, 1.165) is 24.9 Å². The molecule has 3 atom stereocenters. The third-order valence-corrected chi connectivity index (χ3v) is 6.25. The second kappa shape index (κ2) is 10.6. The number of carbonyl (C=O) groups excluding carboxylic acids is 2. The number of hydrogen-bond acceptors (Lipinski definition) is 8. The molecule has 2 unspecified atom stereocenters. The Morgan fingerprint density at radius 2 is 1.91 bits per heavy atom. The molecule has 10 heteroatoms. The van der Waals surface area contributed by atoms with Crippen molar-refractivity contribution in [3.8, 4) is 0 Å². The van der Waals surface area contributed by atoms with E-state index in [4.69, 9.17) is 19.1 Å². The van der Waals surface area contributed by atoms with Crippen molar-refractivity contribution in [3.63, 3.8) is 0 Å². The van der Waals surface area contributed by atoms with Crippen molar-refractivity contribution in [1.82, 2.24) is 21.2 Å². The number of nitrogens with one attached hydrogen (secondary N) is 3. The minimum absolute atomic E-state index is 0.138. The van der Waals surface area contributed by atoms with Gasteiger partial charge in [-0.15, -0.1) is 0 Å². The number of hydrogen-bond donors (Lipinski definition) is 3. The largest absolute Gasteiger partial charge is 0.444 e. The number of likely N-dealkylation sites (tertiary alicyclic amines) is 1. The molecule has 10 nitrogen and oxygen atoms in total. The Labute approximate surface area is 200 Å². The molecule has 1 saturated carbocycles. The lowest BCUT2D eigenvalue weighted by Crippen LogP contribution is -2.54. The second-order valence-electron chi connectivity index (χ2n) is 10.3. The molecule has 1 spiro atoms. The van der Waals surface area contributed by atoms with Gasteiger partial charge in [-0.05, 0) is 57.4 Å². The molecule has 188 valence electrons. The molecule has 1 aliphatic carbocycles. The van der Waals surface area contributed by atoms with E-state index in [0.29, 0.717) is 12.0 Å². The molecule has 2 saturated heterocycles. The fourth-order valence-electron chi connectivity index (χ4n) is 4.25. The van der Waals surface area contributed by atoms with Gasteiger partial charge in [-0.2, -0.15) is 5.48 Å². The highest BCUT2D eigenvalue weighted by Gasteiger charge is 2.56. The third kappa shape index (κ3) is 7.13. The van der Waals surface area contributed by atoms with Gasteiger partial charge in [-0.1, -0.05) is 30.3 Å². The Kier molecular flexibility index (Phi) is 7.73. The number of benzene rings is 1. The van der Waals surface area contributed by atoms with Crippen LogP contribution in [0.15, 0.2) is 30.3 Å². The number of amides is 2. The van der Waals surface area contributed by atoms with Crippen LogP contribution in [0.4, 0.5) is 4.79 Å². The molecular formula is C24H36N4O6. The molecule has 2 aliphatic heterocycles. The van der Waals surface area contributed by atoms with Crippen LogP contribution in [0.5, 0.6) is 0 Å². The molecular weight excluding hydrogens is 440 g/mol. The van der Waals surface area contributed by atoms with Gasteiger partial charge in [0.1, 0.15) is 5.60 Å². The summed E-state index contributed by atoms with van der Waals surface area (Å²) in [6.45, 7) is 7.01. The second-order valence-corrected chi connectivity index (χ2v) is 10.3. The van der Waals surface area contributed by atoms with Crippen LogP contribution in [0, 0.1) is 5.41 Å². The summed E-state index contributed by atoms with van der Waals surface area (Å²) in [5.74, 6) is -0.202. The molecule has 34 heavy (non-hydrogen) atoms. The summed E-state index contributed by atoms with van der Waals surface area (Å²) in [6, 6.07) is 9.56. The number of ether oxygens (including phenoxy) is 2. The number of rotatable bonds is 10. The molecule has 0 bridgehead atoms. The van der Waals surface area contributed by atoms with Crippen molar-refractivity contribution in [2.45, 2.75) is 77.2 Å². The molecule has 1 aromatic rings. The van der Waals surface area contributed by atoms with Gasteiger partial charge in [0, 0.05) is 13.1 Å². The first-order chi connectivity index (χ1) is 16.2. The quantitative estimate of drug-likeness (QED) is 0.268. The van der Waals surface area contributed by atoms with Crippen LogP contribution in [-0.2, 0) is 30.6 Å². The van der Waals surface area contributed by atoms with Crippen LogP contribution in [0.3, 0.4) is 0 Å². The number of piperidine rings is 1. The molecule has 2 amide bonds. The fraction of sp³-hybridized carbons (Fsp3) is 0.667. The van der Waals surface area contributed by atoms with E-state index in [9.17, 15) is 9.59 Å². The van der Waals surface area contributed by atoms with Gasteiger partial charge in [0.2, 0.25) is 0 Å². The van der Waals surface area contributed by atoms with Crippen LogP contribution in [0.1, 0.15) is 52.0 Å². The average Bonchev–Trinajstić information content (AvgIpc) is 3.71. The lowest BCUT2D eigenvalue weighted by atomic mass is 9.89. The first-order valence-corrected chi connectivity index (χ1v) is 12.0. The number of alkyl carbamates (subject to hydrolysis) is 1. The van der Waals surface area contributed by atoms with Crippen molar-refractivity contribution >= 4 is 12.0 Å². The molecule has 1 aromatic carbocycles. The maximum Gasteiger partial charge on any atom is 0.407 e. The van der Waals surface area contributed by atoms with Crippen molar-refractivity contribution in [3.05, 3.63) is 35.9 Å². The Balaban J connectivity index is 1.19. The van der Waals surface area contributed by atoms with E-state index in [1.165, 1.54) is 12.8 Å². The van der Waals surface area contributed by atoms with Gasteiger partial charge in [-0.3, -0.25) is 19.4 Å². The summed E-state index contributed by atoms with van der Waals surface area (Å²) < 4.78 is 11.0. The smallest absolute Gasteiger partial charge is 0.407 e. The number of carbonyl (C=O) groups is 2. The first-order valence-electron chi connectivity index (χ1n) is 12.0. The lowest BCUT2D eigenvalue weighted by molar-refractivity contribution is -0.142. The van der Waals surface area contributed by atoms with E-state index < -0.39 is 11.7 Å². The standard InChI is InChI=1S/C24H36N4O6/c1-23(2,3)34-22(30)25-13-14-31-26-19(29)18-9-10-24(11-12-24)16-28(18)21-20(33-21)27-32-15-17-7-5-4-6-8-17/h4-8,18,20-21,27H,9-16H2,1-3H3,(H,25,30)(H,26,29)/t18-,20?,21?/m0/s1. The molecule has 0 aromatic heterocycles. The minimum atomic E-state index is -0.563. The highest BCUT2D eigenvalue weighted by atomic mass is 16.7. The summed E-state index contributed by atoms with van der Waals surface area (Å²) >= 11 is 0. The zero-order chi connectivity index (χ0) is 24.2. The normalized spacial score (nSPS) is 25.6. The maximum atomic E-state index is 12.9. The zero-order valence-electron chi connectivity index (χ0n) is 20.2. The predicted octanol–water partition coefficient (Wildman–Crippen LogP) is 2.21. The summed E-state index contributed by atoms with van der Waals surface area (Å²) in [4.78, 5) is 37.6. The first kappa shape index (κ1) is 24.9. The predicted molar refractivity (Wildman–Crippen MR) is 123 cm³/mol. The maximum absolute atomic E-state index is 12.9. The van der Waals surface area contributed by atoms with Gasteiger partial charge >= 0.3 is 6.09 Å². The SMILES string of the molecule is CC(C)(C)OC(=O)NCCONC(=O)[C@@H]1CCC2(CC2)CN1C1OC1NOCc1ccccc1. The molecule has 2 heterocycles. The topological polar surface area (TPSA) is 114 Å². The lowest BCUT2D eigenvalue weighted by Gasteiger charge is -2.38.